The predicted octanol–water partition coefficient (Wildman–Crippen LogP) is 1.49. The summed E-state index contributed by atoms with van der Waals surface area (Å²) in [5.41, 5.74) is 0.699. The first-order valence-corrected chi connectivity index (χ1v) is 6.01. The molecule has 1 aromatic rings. The summed E-state index contributed by atoms with van der Waals surface area (Å²) in [5.74, 6) is -1.07. The molecular weight excluding hydrogens is 236 g/mol. The largest absolute Gasteiger partial charge is 0.480 e. The average Bonchev–Trinajstić information content (AvgIpc) is 2.97. The Bertz CT molecular complexity index is 466. The molecule has 2 rings (SSSR count). The summed E-state index contributed by atoms with van der Waals surface area (Å²) < 4.78 is 4.99. The first-order chi connectivity index (χ1) is 8.50. The van der Waals surface area contributed by atoms with Gasteiger partial charge >= 0.3 is 5.97 Å². The van der Waals surface area contributed by atoms with Gasteiger partial charge in [-0.15, -0.1) is 0 Å². The van der Waals surface area contributed by atoms with Crippen molar-refractivity contribution < 1.29 is 19.2 Å². The van der Waals surface area contributed by atoms with Crippen molar-refractivity contribution in [1.29, 1.82) is 0 Å². The molecule has 0 aliphatic carbocycles. The normalized spacial score (nSPS) is 19.5. The highest BCUT2D eigenvalue weighted by molar-refractivity contribution is 5.94. The van der Waals surface area contributed by atoms with Gasteiger partial charge in [0.25, 0.3) is 5.91 Å². The number of carbonyl (C=O) groups is 2. The van der Waals surface area contributed by atoms with Gasteiger partial charge in [0.05, 0.1) is 5.69 Å². The van der Waals surface area contributed by atoms with Crippen LogP contribution in [0.1, 0.15) is 48.9 Å². The van der Waals surface area contributed by atoms with Crippen LogP contribution in [-0.2, 0) is 4.79 Å². The monoisotopic (exact) mass is 252 g/mol. The summed E-state index contributed by atoms with van der Waals surface area (Å²) in [6, 6.07) is 0.842. The number of hydrogen-bond acceptors (Lipinski definition) is 4. The minimum atomic E-state index is -0.968. The second-order valence-electron chi connectivity index (χ2n) is 4.77. The number of rotatable bonds is 3. The lowest BCUT2D eigenvalue weighted by molar-refractivity contribution is -0.141. The number of carbonyl (C=O) groups excluding carboxylic acids is 1. The molecule has 1 amide bonds. The molecule has 98 valence electrons. The Morgan fingerprint density at radius 1 is 1.56 bits per heavy atom. The van der Waals surface area contributed by atoms with Crippen LogP contribution < -0.4 is 0 Å². The fourth-order valence-electron chi connectivity index (χ4n) is 2.07. The van der Waals surface area contributed by atoms with Crippen LogP contribution in [0.4, 0.5) is 0 Å². The molecule has 1 aliphatic rings. The van der Waals surface area contributed by atoms with E-state index in [1.54, 1.807) is 6.07 Å². The van der Waals surface area contributed by atoms with Gasteiger partial charge in [-0.3, -0.25) is 4.79 Å². The Labute approximate surface area is 105 Å². The molecule has 1 aliphatic heterocycles. The standard InChI is InChI=1S/C12H16N2O4/c1-7(2)8-6-10(18-13-8)11(15)14-5-3-4-9(14)12(16)17/h6-7,9H,3-5H2,1-2H3,(H,16,17)/t9-/m0/s1. The van der Waals surface area contributed by atoms with Gasteiger partial charge in [0.15, 0.2) is 0 Å². The summed E-state index contributed by atoms with van der Waals surface area (Å²) in [4.78, 5) is 24.5. The predicted molar refractivity (Wildman–Crippen MR) is 62.3 cm³/mol. The van der Waals surface area contributed by atoms with Gasteiger partial charge in [-0.1, -0.05) is 19.0 Å². The van der Waals surface area contributed by atoms with E-state index in [0.29, 0.717) is 25.1 Å². The Kier molecular flexibility index (Phi) is 3.36. The third kappa shape index (κ3) is 2.23. The molecular formula is C12H16N2O4. The quantitative estimate of drug-likeness (QED) is 0.881. The molecule has 1 N–H and O–H groups in total. The maximum absolute atomic E-state index is 12.1. The molecule has 6 nitrogen and oxygen atoms in total. The molecule has 1 atom stereocenters. The van der Waals surface area contributed by atoms with E-state index < -0.39 is 12.0 Å². The fraction of sp³-hybridized carbons (Fsp3) is 0.583. The van der Waals surface area contributed by atoms with E-state index in [9.17, 15) is 9.59 Å². The average molecular weight is 252 g/mol. The first-order valence-electron chi connectivity index (χ1n) is 6.01. The molecule has 0 saturated carbocycles. The maximum Gasteiger partial charge on any atom is 0.326 e. The molecule has 0 bridgehead atoms. The molecule has 1 aromatic heterocycles. The summed E-state index contributed by atoms with van der Waals surface area (Å²) in [6.07, 6.45) is 1.19. The highest BCUT2D eigenvalue weighted by atomic mass is 16.5. The van der Waals surface area contributed by atoms with Crippen molar-refractivity contribution >= 4 is 11.9 Å². The van der Waals surface area contributed by atoms with Crippen LogP contribution in [0.3, 0.4) is 0 Å². The van der Waals surface area contributed by atoms with Crippen LogP contribution in [0.25, 0.3) is 0 Å². The van der Waals surface area contributed by atoms with Crippen molar-refractivity contribution in [1.82, 2.24) is 10.1 Å². The molecule has 18 heavy (non-hydrogen) atoms. The maximum atomic E-state index is 12.1. The number of aromatic nitrogens is 1. The van der Waals surface area contributed by atoms with Crippen molar-refractivity contribution in [3.63, 3.8) is 0 Å². The number of likely N-dealkylation sites (tertiary alicyclic amines) is 1. The Morgan fingerprint density at radius 3 is 2.83 bits per heavy atom. The summed E-state index contributed by atoms with van der Waals surface area (Å²) in [5, 5.41) is 12.8. The van der Waals surface area contributed by atoms with Gasteiger partial charge in [-0.2, -0.15) is 0 Å². The second-order valence-corrected chi connectivity index (χ2v) is 4.77. The van der Waals surface area contributed by atoms with E-state index in [1.807, 2.05) is 13.8 Å². The van der Waals surface area contributed by atoms with Gasteiger partial charge in [-0.25, -0.2) is 4.79 Å². The lowest BCUT2D eigenvalue weighted by Crippen LogP contribution is -2.40. The van der Waals surface area contributed by atoms with E-state index in [-0.39, 0.29) is 17.6 Å². The van der Waals surface area contributed by atoms with E-state index in [0.717, 1.165) is 0 Å². The van der Waals surface area contributed by atoms with Crippen molar-refractivity contribution in [2.45, 2.75) is 38.6 Å². The van der Waals surface area contributed by atoms with Gasteiger partial charge in [0, 0.05) is 12.6 Å². The van der Waals surface area contributed by atoms with E-state index >= 15 is 0 Å². The molecule has 0 radical (unpaired) electrons. The molecule has 0 spiro atoms. The molecule has 2 heterocycles. The number of aliphatic carboxylic acids is 1. The Hall–Kier alpha value is -1.85. The lowest BCUT2D eigenvalue weighted by atomic mass is 10.1. The number of carboxylic acid groups (broad SMARTS) is 1. The van der Waals surface area contributed by atoms with Crippen LogP contribution in [0.5, 0.6) is 0 Å². The minimum absolute atomic E-state index is 0.117. The number of amides is 1. The number of carboxylic acids is 1. The topological polar surface area (TPSA) is 83.6 Å². The van der Waals surface area contributed by atoms with Gasteiger partial charge in [-0.05, 0) is 18.8 Å². The summed E-state index contributed by atoms with van der Waals surface area (Å²) in [6.45, 7) is 4.34. The van der Waals surface area contributed by atoms with Gasteiger partial charge in [0.1, 0.15) is 6.04 Å². The third-order valence-corrected chi connectivity index (χ3v) is 3.13. The Balaban J connectivity index is 2.17. The summed E-state index contributed by atoms with van der Waals surface area (Å²) in [7, 11) is 0. The molecule has 6 heteroatoms. The summed E-state index contributed by atoms with van der Waals surface area (Å²) >= 11 is 0. The highest BCUT2D eigenvalue weighted by Crippen LogP contribution is 2.22. The van der Waals surface area contributed by atoms with Crippen LogP contribution in [-0.4, -0.2) is 39.6 Å². The van der Waals surface area contributed by atoms with Crippen LogP contribution in [0.2, 0.25) is 0 Å². The van der Waals surface area contributed by atoms with Crippen molar-refractivity contribution in [3.8, 4) is 0 Å². The molecule has 0 aromatic carbocycles. The van der Waals surface area contributed by atoms with Gasteiger partial charge in [0.2, 0.25) is 5.76 Å². The molecule has 0 unspecified atom stereocenters. The smallest absolute Gasteiger partial charge is 0.326 e. The van der Waals surface area contributed by atoms with Crippen LogP contribution in [0.15, 0.2) is 10.6 Å². The third-order valence-electron chi connectivity index (χ3n) is 3.13. The van der Waals surface area contributed by atoms with Crippen LogP contribution >= 0.6 is 0 Å². The fourth-order valence-corrected chi connectivity index (χ4v) is 2.07. The zero-order valence-electron chi connectivity index (χ0n) is 10.4. The van der Waals surface area contributed by atoms with Crippen molar-refractivity contribution in [3.05, 3.63) is 17.5 Å². The number of hydrogen-bond donors (Lipinski definition) is 1. The molecule has 1 saturated heterocycles. The highest BCUT2D eigenvalue weighted by Gasteiger charge is 2.36. The second kappa shape index (κ2) is 4.80. The first kappa shape index (κ1) is 12.6. The number of nitrogens with zero attached hydrogens (tertiary/aromatic N) is 2. The van der Waals surface area contributed by atoms with E-state index in [2.05, 4.69) is 5.16 Å². The van der Waals surface area contributed by atoms with Gasteiger partial charge < -0.3 is 14.5 Å². The molecule has 1 fully saturated rings. The van der Waals surface area contributed by atoms with E-state index in [4.69, 9.17) is 9.63 Å². The minimum Gasteiger partial charge on any atom is -0.480 e. The van der Waals surface area contributed by atoms with Crippen molar-refractivity contribution in [2.75, 3.05) is 6.54 Å². The SMILES string of the molecule is CC(C)c1cc(C(=O)N2CCC[C@H]2C(=O)O)on1. The zero-order chi connectivity index (χ0) is 13.3. The Morgan fingerprint density at radius 2 is 2.28 bits per heavy atom. The lowest BCUT2D eigenvalue weighted by Gasteiger charge is -2.19. The zero-order valence-corrected chi connectivity index (χ0v) is 10.4. The van der Waals surface area contributed by atoms with Crippen LogP contribution in [0, 0.1) is 0 Å². The van der Waals surface area contributed by atoms with E-state index in [1.165, 1.54) is 4.90 Å². The van der Waals surface area contributed by atoms with Crippen molar-refractivity contribution in [2.24, 2.45) is 0 Å².